The van der Waals surface area contributed by atoms with Crippen LogP contribution in [0.2, 0.25) is 0 Å². The second kappa shape index (κ2) is 16.6. The Labute approximate surface area is 331 Å². The van der Waals surface area contributed by atoms with E-state index in [0.29, 0.717) is 24.4 Å². The van der Waals surface area contributed by atoms with Crippen LogP contribution in [-0.4, -0.2) is 93.3 Å². The van der Waals surface area contributed by atoms with Crippen LogP contribution >= 0.6 is 12.2 Å². The molecule has 1 aliphatic carbocycles. The molecule has 4 aliphatic rings. The van der Waals surface area contributed by atoms with Crippen LogP contribution in [0, 0.1) is 17.2 Å². The number of halogens is 3. The van der Waals surface area contributed by atoms with Gasteiger partial charge in [0.05, 0.1) is 35.3 Å². The number of carbonyl (C=O) groups is 4. The zero-order valence-electron chi connectivity index (χ0n) is 32.3. The van der Waals surface area contributed by atoms with Crippen LogP contribution in [0.4, 0.5) is 24.5 Å². The summed E-state index contributed by atoms with van der Waals surface area (Å²) in [6.45, 7) is 10.8. The third-order valence-electron chi connectivity index (χ3n) is 12.0. The van der Waals surface area contributed by atoms with E-state index in [2.05, 4.69) is 34.3 Å². The van der Waals surface area contributed by atoms with Crippen LogP contribution in [0.5, 0.6) is 0 Å². The molecule has 56 heavy (non-hydrogen) atoms. The smallest absolute Gasteiger partial charge is 0.331 e. The van der Waals surface area contributed by atoms with Gasteiger partial charge in [-0.3, -0.25) is 34.3 Å². The van der Waals surface area contributed by atoms with Gasteiger partial charge in [0.15, 0.2) is 5.11 Å². The van der Waals surface area contributed by atoms with Gasteiger partial charge in [-0.15, -0.1) is 0 Å². The average molecular weight is 794 g/mol. The summed E-state index contributed by atoms with van der Waals surface area (Å²) < 4.78 is 41.2. The third kappa shape index (κ3) is 8.77. The molecule has 2 aromatic rings. The summed E-state index contributed by atoms with van der Waals surface area (Å²) in [6.07, 6.45) is 1.76. The normalized spacial score (nSPS) is 26.3. The molecule has 1 unspecified atom stereocenters. The van der Waals surface area contributed by atoms with Crippen molar-refractivity contribution in [1.29, 1.82) is 5.26 Å². The standard InChI is InChI=1S/C41H50F3N7O4S/c1-25-22-48(23-26(2)49(25)24-36(53)46-30-12-9-28(10-13-30)33-17-18-35(52)47-37(33)54)19-5-6-27-7-14-31(15-8-27)51-39(56)50(38(55)40(51,3)4)32-16-11-29(21-45)34(20-32)41(42,43)44/h9-13,16,20,25-27,31,33H,5-8,14-15,17-19,22-24H2,1-4H3,(H,46,53)(H,47,52,54)/t25-,26+,27?,31?,33?. The molecule has 2 N–H and O–H groups in total. The van der Waals surface area contributed by atoms with Crippen LogP contribution < -0.4 is 15.5 Å². The monoisotopic (exact) mass is 793 g/mol. The van der Waals surface area contributed by atoms with E-state index in [9.17, 15) is 37.6 Å². The Balaban J connectivity index is 0.942. The quantitative estimate of drug-likeness (QED) is 0.214. The highest BCUT2D eigenvalue weighted by atomic mass is 32.1. The van der Waals surface area contributed by atoms with Gasteiger partial charge in [0, 0.05) is 43.3 Å². The van der Waals surface area contributed by atoms with Gasteiger partial charge in [0.2, 0.25) is 17.7 Å². The maximum atomic E-state index is 13.7. The Hall–Kier alpha value is -4.39. The first-order valence-electron chi connectivity index (χ1n) is 19.5. The fourth-order valence-electron chi connectivity index (χ4n) is 9.09. The Morgan fingerprint density at radius 2 is 1.66 bits per heavy atom. The van der Waals surface area contributed by atoms with E-state index in [-0.39, 0.29) is 65.0 Å². The lowest BCUT2D eigenvalue weighted by atomic mass is 9.82. The summed E-state index contributed by atoms with van der Waals surface area (Å²) in [4.78, 5) is 58.2. The fraction of sp³-hybridized carbons (Fsp3) is 0.561. The maximum Gasteiger partial charge on any atom is 0.417 e. The Bertz CT molecular complexity index is 1880. The number of nitrogens with one attached hydrogen (secondary N) is 2. The molecule has 0 bridgehead atoms. The maximum absolute atomic E-state index is 13.7. The zero-order valence-corrected chi connectivity index (χ0v) is 33.1. The third-order valence-corrected chi connectivity index (χ3v) is 12.4. The molecule has 0 aromatic heterocycles. The largest absolute Gasteiger partial charge is 0.417 e. The molecule has 4 fully saturated rings. The number of imide groups is 1. The number of thiocarbonyl (C=S) groups is 1. The SMILES string of the molecule is C[C@@H]1CN(CCCC2CCC(N3C(=S)N(c4ccc(C#N)c(C(F)(F)F)c4)C(=O)C3(C)C)CC2)C[C@H](C)N1CC(=O)Nc1ccc(C2CCC(=O)NC2=O)cc1. The molecule has 6 rings (SSSR count). The Morgan fingerprint density at radius 3 is 2.27 bits per heavy atom. The second-order valence-electron chi connectivity index (χ2n) is 16.3. The van der Waals surface area contributed by atoms with Gasteiger partial charge in [-0.05, 0) is 133 Å². The molecule has 3 aliphatic heterocycles. The molecular weight excluding hydrogens is 744 g/mol. The number of carbonyl (C=O) groups excluding carboxylic acids is 4. The van der Waals surface area contributed by atoms with E-state index in [1.54, 1.807) is 32.0 Å². The topological polar surface area (TPSA) is 129 Å². The van der Waals surface area contributed by atoms with Crippen molar-refractivity contribution in [1.82, 2.24) is 20.0 Å². The molecule has 2 aromatic carbocycles. The molecule has 1 saturated carbocycles. The molecule has 300 valence electrons. The van der Waals surface area contributed by atoms with Crippen molar-refractivity contribution >= 4 is 52.3 Å². The predicted octanol–water partition coefficient (Wildman–Crippen LogP) is 6.18. The number of hydrogen-bond acceptors (Lipinski definition) is 8. The average Bonchev–Trinajstić information content (AvgIpc) is 3.32. The lowest BCUT2D eigenvalue weighted by Gasteiger charge is -2.44. The molecule has 0 radical (unpaired) electrons. The summed E-state index contributed by atoms with van der Waals surface area (Å²) in [7, 11) is 0. The van der Waals surface area contributed by atoms with Gasteiger partial charge in [0.1, 0.15) is 5.54 Å². The first-order chi connectivity index (χ1) is 26.5. The number of rotatable bonds is 10. The van der Waals surface area contributed by atoms with Crippen LogP contribution in [-0.2, 0) is 25.4 Å². The number of nitriles is 1. The van der Waals surface area contributed by atoms with E-state index >= 15 is 0 Å². The highest BCUT2D eigenvalue weighted by molar-refractivity contribution is 7.80. The molecule has 4 amide bonds. The van der Waals surface area contributed by atoms with Crippen molar-refractivity contribution in [2.45, 2.75) is 115 Å². The number of amides is 4. The second-order valence-corrected chi connectivity index (χ2v) is 16.7. The zero-order chi connectivity index (χ0) is 40.5. The van der Waals surface area contributed by atoms with Crippen LogP contribution in [0.15, 0.2) is 42.5 Å². The fourth-order valence-corrected chi connectivity index (χ4v) is 9.65. The lowest BCUT2D eigenvalue weighted by molar-refractivity contribution is -0.138. The minimum absolute atomic E-state index is 0.00709. The number of hydrogen-bond donors (Lipinski definition) is 2. The van der Waals surface area contributed by atoms with E-state index in [1.165, 1.54) is 11.0 Å². The molecular formula is C41H50F3N7O4S. The molecule has 0 spiro atoms. The minimum atomic E-state index is -4.75. The first-order valence-corrected chi connectivity index (χ1v) is 19.9. The van der Waals surface area contributed by atoms with Gasteiger partial charge in [-0.1, -0.05) is 12.1 Å². The van der Waals surface area contributed by atoms with Crippen LogP contribution in [0.3, 0.4) is 0 Å². The van der Waals surface area contributed by atoms with Crippen molar-refractivity contribution in [2.75, 3.05) is 36.4 Å². The molecule has 3 heterocycles. The first kappa shape index (κ1) is 41.2. The Kier molecular flexibility index (Phi) is 12.2. The number of anilines is 2. The van der Waals surface area contributed by atoms with Crippen molar-refractivity contribution in [2.24, 2.45) is 5.92 Å². The summed E-state index contributed by atoms with van der Waals surface area (Å²) >= 11 is 5.77. The molecule has 11 nitrogen and oxygen atoms in total. The van der Waals surface area contributed by atoms with Gasteiger partial charge < -0.3 is 15.1 Å². The summed E-state index contributed by atoms with van der Waals surface area (Å²) in [5.74, 6) is -0.855. The Morgan fingerprint density at radius 1 is 1.00 bits per heavy atom. The van der Waals surface area contributed by atoms with Crippen molar-refractivity contribution < 1.29 is 32.3 Å². The highest BCUT2D eigenvalue weighted by Crippen LogP contribution is 2.41. The van der Waals surface area contributed by atoms with Gasteiger partial charge in [-0.25, -0.2) is 0 Å². The van der Waals surface area contributed by atoms with Gasteiger partial charge in [-0.2, -0.15) is 18.4 Å². The molecule has 3 atom stereocenters. The number of piperidine rings is 1. The van der Waals surface area contributed by atoms with E-state index < -0.39 is 22.8 Å². The van der Waals surface area contributed by atoms with Crippen molar-refractivity contribution in [3.05, 3.63) is 59.2 Å². The summed E-state index contributed by atoms with van der Waals surface area (Å²) in [5.41, 5.74) is -1.13. The summed E-state index contributed by atoms with van der Waals surface area (Å²) in [6, 6.07) is 12.5. The lowest BCUT2D eigenvalue weighted by Crippen LogP contribution is -2.58. The van der Waals surface area contributed by atoms with Gasteiger partial charge in [0.25, 0.3) is 5.91 Å². The number of benzene rings is 2. The van der Waals surface area contributed by atoms with E-state index in [4.69, 9.17) is 12.2 Å². The van der Waals surface area contributed by atoms with Gasteiger partial charge >= 0.3 is 6.18 Å². The predicted molar refractivity (Wildman–Crippen MR) is 209 cm³/mol. The summed E-state index contributed by atoms with van der Waals surface area (Å²) in [5, 5.41) is 14.8. The van der Waals surface area contributed by atoms with Crippen molar-refractivity contribution in [3.8, 4) is 6.07 Å². The van der Waals surface area contributed by atoms with Crippen molar-refractivity contribution in [3.63, 3.8) is 0 Å². The number of piperazine rings is 1. The highest BCUT2D eigenvalue weighted by Gasteiger charge is 2.52. The molecule has 15 heteroatoms. The minimum Gasteiger partial charge on any atom is -0.331 e. The van der Waals surface area contributed by atoms with E-state index in [1.807, 2.05) is 17.0 Å². The van der Waals surface area contributed by atoms with Crippen LogP contribution in [0.25, 0.3) is 0 Å². The number of nitrogens with zero attached hydrogens (tertiary/aromatic N) is 5. The van der Waals surface area contributed by atoms with E-state index in [0.717, 1.165) is 75.9 Å². The number of alkyl halides is 3. The molecule has 3 saturated heterocycles. The van der Waals surface area contributed by atoms with Crippen LogP contribution in [0.1, 0.15) is 102 Å².